The maximum Gasteiger partial charge on any atom is 0.129 e. The molecule has 0 atom stereocenters. The minimum Gasteiger partial charge on any atom is -0.370 e. The molecular formula is C18H15N5. The molecule has 5 heteroatoms. The Morgan fingerprint density at radius 3 is 2.52 bits per heavy atom. The summed E-state index contributed by atoms with van der Waals surface area (Å²) in [6.45, 7) is 0.786. The van der Waals surface area contributed by atoms with Crippen LogP contribution in [0.2, 0.25) is 0 Å². The van der Waals surface area contributed by atoms with E-state index in [1.807, 2.05) is 30.3 Å². The van der Waals surface area contributed by atoms with Crippen LogP contribution in [-0.4, -0.2) is 21.5 Å². The molecule has 0 aliphatic rings. The maximum absolute atomic E-state index is 8.84. The number of nitrogens with zero attached hydrogens (tertiary/aromatic N) is 4. The van der Waals surface area contributed by atoms with E-state index in [9.17, 15) is 0 Å². The summed E-state index contributed by atoms with van der Waals surface area (Å²) in [5.41, 5.74) is 3.66. The van der Waals surface area contributed by atoms with E-state index in [0.29, 0.717) is 5.56 Å². The van der Waals surface area contributed by atoms with Crippen molar-refractivity contribution in [3.8, 4) is 17.3 Å². The van der Waals surface area contributed by atoms with Gasteiger partial charge in [-0.2, -0.15) is 5.26 Å². The molecule has 0 unspecified atom stereocenters. The third-order valence-electron chi connectivity index (χ3n) is 3.45. The first-order chi connectivity index (χ1) is 11.3. The van der Waals surface area contributed by atoms with Crippen LogP contribution in [0, 0.1) is 11.3 Å². The van der Waals surface area contributed by atoms with Gasteiger partial charge in [0.2, 0.25) is 0 Å². The lowest BCUT2D eigenvalue weighted by Gasteiger charge is -2.07. The molecule has 0 saturated carbocycles. The lowest BCUT2D eigenvalue weighted by Crippen LogP contribution is -2.06. The highest BCUT2D eigenvalue weighted by Crippen LogP contribution is 2.19. The standard InChI is InChI=1S/C18H15N5/c19-12-15-1-3-16(4-2-15)17-11-18(23-13-22-17)21-10-7-14-5-8-20-9-6-14/h1-6,8-9,11,13H,7,10H2,(H,21,22,23). The molecular weight excluding hydrogens is 286 g/mol. The van der Waals surface area contributed by atoms with Crippen LogP contribution < -0.4 is 5.32 Å². The summed E-state index contributed by atoms with van der Waals surface area (Å²) in [4.78, 5) is 12.5. The van der Waals surface area contributed by atoms with Gasteiger partial charge in [0.1, 0.15) is 12.1 Å². The number of rotatable bonds is 5. The number of nitrogens with one attached hydrogen (secondary N) is 1. The molecule has 112 valence electrons. The second-order valence-electron chi connectivity index (χ2n) is 5.01. The van der Waals surface area contributed by atoms with Crippen LogP contribution in [0.3, 0.4) is 0 Å². The summed E-state index contributed by atoms with van der Waals surface area (Å²) in [5, 5.41) is 12.1. The Hall–Kier alpha value is -3.26. The van der Waals surface area contributed by atoms with Crippen LogP contribution in [0.4, 0.5) is 5.82 Å². The number of benzene rings is 1. The van der Waals surface area contributed by atoms with Gasteiger partial charge in [-0.3, -0.25) is 4.98 Å². The highest BCUT2D eigenvalue weighted by molar-refractivity contribution is 5.62. The first-order valence-electron chi connectivity index (χ1n) is 7.30. The van der Waals surface area contributed by atoms with E-state index in [4.69, 9.17) is 5.26 Å². The number of nitriles is 1. The molecule has 0 amide bonds. The molecule has 3 aromatic rings. The van der Waals surface area contributed by atoms with Crippen molar-refractivity contribution in [2.45, 2.75) is 6.42 Å². The van der Waals surface area contributed by atoms with Crippen LogP contribution in [-0.2, 0) is 6.42 Å². The molecule has 1 aromatic carbocycles. The predicted molar refractivity (Wildman–Crippen MR) is 88.6 cm³/mol. The Morgan fingerprint density at radius 2 is 1.78 bits per heavy atom. The first kappa shape index (κ1) is 14.7. The van der Waals surface area contributed by atoms with Gasteiger partial charge < -0.3 is 5.32 Å². The van der Waals surface area contributed by atoms with Gasteiger partial charge in [0.15, 0.2) is 0 Å². The van der Waals surface area contributed by atoms with Crippen molar-refractivity contribution >= 4 is 5.82 Å². The van der Waals surface area contributed by atoms with E-state index < -0.39 is 0 Å². The first-order valence-corrected chi connectivity index (χ1v) is 7.30. The largest absolute Gasteiger partial charge is 0.370 e. The normalized spacial score (nSPS) is 10.0. The molecule has 0 radical (unpaired) electrons. The summed E-state index contributed by atoms with van der Waals surface area (Å²) in [6, 6.07) is 15.4. The van der Waals surface area contributed by atoms with Crippen molar-refractivity contribution in [1.29, 1.82) is 5.26 Å². The molecule has 0 fully saturated rings. The zero-order valence-corrected chi connectivity index (χ0v) is 12.5. The van der Waals surface area contributed by atoms with Gasteiger partial charge in [-0.05, 0) is 36.2 Å². The van der Waals surface area contributed by atoms with Gasteiger partial charge in [0, 0.05) is 30.6 Å². The fourth-order valence-electron chi connectivity index (χ4n) is 2.21. The van der Waals surface area contributed by atoms with Crippen molar-refractivity contribution in [3.05, 3.63) is 72.3 Å². The van der Waals surface area contributed by atoms with E-state index in [0.717, 1.165) is 30.0 Å². The Labute approximate surface area is 134 Å². The molecule has 0 spiro atoms. The second kappa shape index (κ2) is 7.14. The van der Waals surface area contributed by atoms with E-state index in [1.54, 1.807) is 30.9 Å². The minimum absolute atomic E-state index is 0.638. The molecule has 0 aliphatic heterocycles. The summed E-state index contributed by atoms with van der Waals surface area (Å²) < 4.78 is 0. The van der Waals surface area contributed by atoms with E-state index in [1.165, 1.54) is 5.56 Å². The monoisotopic (exact) mass is 301 g/mol. The molecule has 2 aromatic heterocycles. The second-order valence-corrected chi connectivity index (χ2v) is 5.01. The fraction of sp³-hybridized carbons (Fsp3) is 0.111. The lowest BCUT2D eigenvalue weighted by molar-refractivity contribution is 0.994. The van der Waals surface area contributed by atoms with Gasteiger partial charge in [-0.25, -0.2) is 9.97 Å². The van der Waals surface area contributed by atoms with Crippen molar-refractivity contribution in [1.82, 2.24) is 15.0 Å². The topological polar surface area (TPSA) is 74.5 Å². The average Bonchev–Trinajstić information content (AvgIpc) is 2.63. The molecule has 1 N–H and O–H groups in total. The number of hydrogen-bond donors (Lipinski definition) is 1. The van der Waals surface area contributed by atoms with E-state index >= 15 is 0 Å². The van der Waals surface area contributed by atoms with Crippen LogP contribution in [0.25, 0.3) is 11.3 Å². The number of hydrogen-bond acceptors (Lipinski definition) is 5. The van der Waals surface area contributed by atoms with Crippen molar-refractivity contribution in [2.24, 2.45) is 0 Å². The average molecular weight is 301 g/mol. The molecule has 5 nitrogen and oxygen atoms in total. The molecule has 0 aliphatic carbocycles. The van der Waals surface area contributed by atoms with Gasteiger partial charge in [-0.15, -0.1) is 0 Å². The Bertz CT molecular complexity index is 807. The number of aromatic nitrogens is 3. The van der Waals surface area contributed by atoms with Crippen molar-refractivity contribution < 1.29 is 0 Å². The Morgan fingerprint density at radius 1 is 1.00 bits per heavy atom. The number of anilines is 1. The lowest BCUT2D eigenvalue weighted by atomic mass is 10.1. The summed E-state index contributed by atoms with van der Waals surface area (Å²) in [7, 11) is 0. The van der Waals surface area contributed by atoms with E-state index in [-0.39, 0.29) is 0 Å². The zero-order valence-electron chi connectivity index (χ0n) is 12.5. The number of pyridine rings is 1. The summed E-state index contributed by atoms with van der Waals surface area (Å²) in [5.74, 6) is 0.786. The molecule has 0 bridgehead atoms. The Balaban J connectivity index is 1.66. The minimum atomic E-state index is 0.638. The van der Waals surface area contributed by atoms with Gasteiger partial charge >= 0.3 is 0 Å². The zero-order chi connectivity index (χ0) is 15.9. The smallest absolute Gasteiger partial charge is 0.129 e. The quantitative estimate of drug-likeness (QED) is 0.784. The van der Waals surface area contributed by atoms with E-state index in [2.05, 4.69) is 26.3 Å². The summed E-state index contributed by atoms with van der Waals surface area (Å²) >= 11 is 0. The third-order valence-corrected chi connectivity index (χ3v) is 3.45. The maximum atomic E-state index is 8.84. The molecule has 0 saturated heterocycles. The van der Waals surface area contributed by atoms with Crippen LogP contribution >= 0.6 is 0 Å². The third kappa shape index (κ3) is 3.89. The van der Waals surface area contributed by atoms with Gasteiger partial charge in [0.25, 0.3) is 0 Å². The van der Waals surface area contributed by atoms with Crippen LogP contribution in [0.15, 0.2) is 61.2 Å². The van der Waals surface area contributed by atoms with Crippen LogP contribution in [0.1, 0.15) is 11.1 Å². The van der Waals surface area contributed by atoms with Gasteiger partial charge in [0.05, 0.1) is 17.3 Å². The van der Waals surface area contributed by atoms with Crippen molar-refractivity contribution in [2.75, 3.05) is 11.9 Å². The fourth-order valence-corrected chi connectivity index (χ4v) is 2.21. The molecule has 23 heavy (non-hydrogen) atoms. The van der Waals surface area contributed by atoms with Crippen LogP contribution in [0.5, 0.6) is 0 Å². The SMILES string of the molecule is N#Cc1ccc(-c2cc(NCCc3ccncc3)ncn2)cc1. The molecule has 3 rings (SSSR count). The summed E-state index contributed by atoms with van der Waals surface area (Å²) in [6.07, 6.45) is 6.03. The van der Waals surface area contributed by atoms with Gasteiger partial charge in [-0.1, -0.05) is 12.1 Å². The van der Waals surface area contributed by atoms with Crippen molar-refractivity contribution in [3.63, 3.8) is 0 Å². The molecule has 2 heterocycles. The predicted octanol–water partition coefficient (Wildman–Crippen LogP) is 3.06. The Kier molecular flexibility index (Phi) is 4.55. The highest BCUT2D eigenvalue weighted by Gasteiger charge is 2.02. The highest BCUT2D eigenvalue weighted by atomic mass is 15.0.